The number of nitrogens with zero attached hydrogens (tertiary/aromatic N) is 1. The first kappa shape index (κ1) is 17.4. The second kappa shape index (κ2) is 7.61. The van der Waals surface area contributed by atoms with Gasteiger partial charge < -0.3 is 5.32 Å². The van der Waals surface area contributed by atoms with Gasteiger partial charge >= 0.3 is 0 Å². The van der Waals surface area contributed by atoms with Gasteiger partial charge in [0.2, 0.25) is 5.91 Å². The van der Waals surface area contributed by atoms with Gasteiger partial charge in [-0.05, 0) is 56.5 Å². The maximum absolute atomic E-state index is 12.1. The number of hydrogen-bond acceptors (Lipinski definition) is 4. The van der Waals surface area contributed by atoms with Gasteiger partial charge in [0.15, 0.2) is 0 Å². The van der Waals surface area contributed by atoms with Crippen molar-refractivity contribution >= 4 is 34.6 Å². The Bertz CT molecular complexity index is 822. The summed E-state index contributed by atoms with van der Waals surface area (Å²) in [6.07, 6.45) is 3.08. The van der Waals surface area contributed by atoms with Crippen LogP contribution in [0.1, 0.15) is 46.3 Å². The van der Waals surface area contributed by atoms with E-state index in [2.05, 4.69) is 15.8 Å². The number of aryl methyl sites for hydroxylation is 1. The molecule has 1 aliphatic rings. The minimum atomic E-state index is -0.216. The van der Waals surface area contributed by atoms with E-state index in [1.807, 2.05) is 44.2 Å². The zero-order valence-electron chi connectivity index (χ0n) is 14.3. The molecule has 1 aliphatic carbocycles. The predicted molar refractivity (Wildman–Crippen MR) is 101 cm³/mol. The van der Waals surface area contributed by atoms with Crippen LogP contribution in [0.3, 0.4) is 0 Å². The molecule has 0 bridgehead atoms. The number of rotatable bonds is 5. The van der Waals surface area contributed by atoms with E-state index >= 15 is 0 Å². The normalized spacial score (nSPS) is 14.7. The molecule has 25 heavy (non-hydrogen) atoms. The lowest BCUT2D eigenvalue weighted by Gasteiger charge is -2.24. The van der Waals surface area contributed by atoms with Gasteiger partial charge in [0.25, 0.3) is 5.91 Å². The molecule has 1 heterocycles. The number of benzene rings is 1. The second-order valence-corrected chi connectivity index (χ2v) is 7.53. The third-order valence-electron chi connectivity index (χ3n) is 4.31. The highest BCUT2D eigenvalue weighted by molar-refractivity contribution is 7.13. The van der Waals surface area contributed by atoms with E-state index in [0.717, 1.165) is 35.4 Å². The molecule has 0 saturated heterocycles. The largest absolute Gasteiger partial charge is 0.326 e. The third-order valence-corrected chi connectivity index (χ3v) is 5.31. The van der Waals surface area contributed by atoms with E-state index < -0.39 is 0 Å². The SMILES string of the molecule is C/C(=N/NC(=O)c1ccc(C)s1)c1cccc(NC(=O)C2CCC2)c1. The van der Waals surface area contributed by atoms with Crippen molar-refractivity contribution in [3.8, 4) is 0 Å². The van der Waals surface area contributed by atoms with E-state index in [1.165, 1.54) is 11.3 Å². The first-order valence-corrected chi connectivity index (χ1v) is 9.17. The fourth-order valence-corrected chi connectivity index (χ4v) is 3.30. The van der Waals surface area contributed by atoms with E-state index in [4.69, 9.17) is 0 Å². The lowest BCUT2D eigenvalue weighted by Crippen LogP contribution is -2.28. The number of anilines is 1. The summed E-state index contributed by atoms with van der Waals surface area (Å²) >= 11 is 1.43. The van der Waals surface area contributed by atoms with Gasteiger partial charge in [0.1, 0.15) is 0 Å². The van der Waals surface area contributed by atoms with Gasteiger partial charge in [-0.3, -0.25) is 9.59 Å². The summed E-state index contributed by atoms with van der Waals surface area (Å²) in [6, 6.07) is 11.2. The average molecular weight is 355 g/mol. The summed E-state index contributed by atoms with van der Waals surface area (Å²) in [6.45, 7) is 3.78. The summed E-state index contributed by atoms with van der Waals surface area (Å²) in [5.74, 6) is 0.0122. The molecule has 1 aromatic heterocycles. The van der Waals surface area contributed by atoms with E-state index in [9.17, 15) is 9.59 Å². The zero-order chi connectivity index (χ0) is 17.8. The smallest absolute Gasteiger partial charge is 0.281 e. The molecule has 0 radical (unpaired) electrons. The molecule has 1 aromatic carbocycles. The van der Waals surface area contributed by atoms with E-state index in [0.29, 0.717) is 10.6 Å². The molecule has 1 fully saturated rings. The topological polar surface area (TPSA) is 70.6 Å². The molecule has 2 aromatic rings. The Balaban J connectivity index is 1.64. The van der Waals surface area contributed by atoms with Crippen molar-refractivity contribution in [3.05, 3.63) is 51.7 Å². The van der Waals surface area contributed by atoms with Crippen LogP contribution in [0.15, 0.2) is 41.5 Å². The Hall–Kier alpha value is -2.47. The maximum Gasteiger partial charge on any atom is 0.281 e. The molecule has 0 unspecified atom stereocenters. The quantitative estimate of drug-likeness (QED) is 0.630. The van der Waals surface area contributed by atoms with Crippen molar-refractivity contribution < 1.29 is 9.59 Å². The van der Waals surface area contributed by atoms with Crippen LogP contribution in [-0.4, -0.2) is 17.5 Å². The van der Waals surface area contributed by atoms with Crippen molar-refractivity contribution in [2.45, 2.75) is 33.1 Å². The molecule has 3 rings (SSSR count). The zero-order valence-corrected chi connectivity index (χ0v) is 15.2. The highest BCUT2D eigenvalue weighted by Gasteiger charge is 2.25. The van der Waals surface area contributed by atoms with Crippen LogP contribution in [0.2, 0.25) is 0 Å². The molecular weight excluding hydrogens is 334 g/mol. The van der Waals surface area contributed by atoms with Crippen molar-refractivity contribution in [1.29, 1.82) is 0 Å². The molecule has 0 spiro atoms. The summed E-state index contributed by atoms with van der Waals surface area (Å²) in [5.41, 5.74) is 4.87. The number of hydrazone groups is 1. The lowest BCUT2D eigenvalue weighted by molar-refractivity contribution is -0.122. The first-order valence-electron chi connectivity index (χ1n) is 8.35. The Kier molecular flexibility index (Phi) is 5.28. The molecular formula is C19H21N3O2S. The Morgan fingerprint density at radius 3 is 2.64 bits per heavy atom. The summed E-state index contributed by atoms with van der Waals surface area (Å²) < 4.78 is 0. The van der Waals surface area contributed by atoms with Gasteiger partial charge in [-0.15, -0.1) is 11.3 Å². The van der Waals surface area contributed by atoms with Gasteiger partial charge in [-0.1, -0.05) is 18.6 Å². The summed E-state index contributed by atoms with van der Waals surface area (Å²) in [4.78, 5) is 25.8. The lowest BCUT2D eigenvalue weighted by atomic mass is 9.85. The second-order valence-electron chi connectivity index (χ2n) is 6.25. The fourth-order valence-electron chi connectivity index (χ4n) is 2.55. The number of carbonyl (C=O) groups is 2. The molecule has 2 amide bonds. The minimum Gasteiger partial charge on any atom is -0.326 e. The molecule has 2 N–H and O–H groups in total. The monoisotopic (exact) mass is 355 g/mol. The molecule has 0 aliphatic heterocycles. The number of amides is 2. The van der Waals surface area contributed by atoms with Crippen molar-refractivity contribution in [2.75, 3.05) is 5.32 Å². The Morgan fingerprint density at radius 2 is 2.00 bits per heavy atom. The minimum absolute atomic E-state index is 0.0827. The van der Waals surface area contributed by atoms with Crippen LogP contribution in [0.25, 0.3) is 0 Å². The molecule has 0 atom stereocenters. The molecule has 6 heteroatoms. The Morgan fingerprint density at radius 1 is 1.20 bits per heavy atom. The van der Waals surface area contributed by atoms with Crippen LogP contribution < -0.4 is 10.7 Å². The van der Waals surface area contributed by atoms with E-state index in [1.54, 1.807) is 6.07 Å². The van der Waals surface area contributed by atoms with E-state index in [-0.39, 0.29) is 17.7 Å². The number of hydrogen-bond donors (Lipinski definition) is 2. The fraction of sp³-hybridized carbons (Fsp3) is 0.316. The Labute approximate surface area is 151 Å². The number of nitrogens with one attached hydrogen (secondary N) is 2. The van der Waals surface area contributed by atoms with Crippen molar-refractivity contribution in [3.63, 3.8) is 0 Å². The molecule has 5 nitrogen and oxygen atoms in total. The molecule has 1 saturated carbocycles. The van der Waals surface area contributed by atoms with Crippen LogP contribution in [-0.2, 0) is 4.79 Å². The van der Waals surface area contributed by atoms with Crippen LogP contribution in [0.5, 0.6) is 0 Å². The van der Waals surface area contributed by atoms with Crippen LogP contribution in [0, 0.1) is 12.8 Å². The summed E-state index contributed by atoms with van der Waals surface area (Å²) in [5, 5.41) is 7.13. The van der Waals surface area contributed by atoms with Crippen LogP contribution >= 0.6 is 11.3 Å². The van der Waals surface area contributed by atoms with Gasteiger partial charge in [0, 0.05) is 16.5 Å². The van der Waals surface area contributed by atoms with Crippen molar-refractivity contribution in [1.82, 2.24) is 5.43 Å². The number of thiophene rings is 1. The predicted octanol–water partition coefficient (Wildman–Crippen LogP) is 3.95. The third kappa shape index (κ3) is 4.33. The molecule has 130 valence electrons. The first-order chi connectivity index (χ1) is 12.0. The highest BCUT2D eigenvalue weighted by atomic mass is 32.1. The highest BCUT2D eigenvalue weighted by Crippen LogP contribution is 2.27. The standard InChI is InChI=1S/C19H21N3O2S/c1-12-9-10-17(25-12)19(24)22-21-13(2)15-7-4-8-16(11-15)20-18(23)14-5-3-6-14/h4,7-11,14H,3,5-6H2,1-2H3,(H,20,23)(H,22,24)/b21-13-. The van der Waals surface area contributed by atoms with Crippen molar-refractivity contribution in [2.24, 2.45) is 11.0 Å². The van der Waals surface area contributed by atoms with Gasteiger partial charge in [-0.2, -0.15) is 5.10 Å². The maximum atomic E-state index is 12.1. The number of carbonyl (C=O) groups excluding carboxylic acids is 2. The van der Waals surface area contributed by atoms with Crippen LogP contribution in [0.4, 0.5) is 5.69 Å². The van der Waals surface area contributed by atoms with Gasteiger partial charge in [0.05, 0.1) is 10.6 Å². The summed E-state index contributed by atoms with van der Waals surface area (Å²) in [7, 11) is 0. The average Bonchev–Trinajstić information content (AvgIpc) is 2.97. The van der Waals surface area contributed by atoms with Gasteiger partial charge in [-0.25, -0.2) is 5.43 Å².